The van der Waals surface area contributed by atoms with Gasteiger partial charge in [-0.1, -0.05) is 48.9 Å². The average molecular weight is 627 g/mol. The number of nitrogens with one attached hydrogen (secondary N) is 1. The van der Waals surface area contributed by atoms with Crippen molar-refractivity contribution in [2.24, 2.45) is 0 Å². The molecule has 4 rings (SSSR count). The number of carbonyl (C=O) groups is 2. The molecule has 2 N–H and O–H groups in total. The van der Waals surface area contributed by atoms with E-state index in [0.717, 1.165) is 63.9 Å². The molecular formula is C27H29F3N4O6S2. The lowest BCUT2D eigenvalue weighted by Crippen LogP contribution is -2.60. The van der Waals surface area contributed by atoms with Crippen LogP contribution in [0.4, 0.5) is 18.3 Å². The molecule has 0 bridgehead atoms. The Morgan fingerprint density at radius 1 is 1.10 bits per heavy atom. The molecule has 226 valence electrons. The van der Waals surface area contributed by atoms with Gasteiger partial charge in [-0.15, -0.1) is 13.2 Å². The molecular weight excluding hydrogens is 597 g/mol. The van der Waals surface area contributed by atoms with Crippen LogP contribution < -0.4 is 15.0 Å². The highest BCUT2D eigenvalue weighted by Crippen LogP contribution is 2.31. The summed E-state index contributed by atoms with van der Waals surface area (Å²) in [4.78, 5) is 30.7. The van der Waals surface area contributed by atoms with Gasteiger partial charge in [-0.25, -0.2) is 18.2 Å². The molecule has 2 aromatic carbocycles. The molecule has 10 nitrogen and oxygen atoms in total. The lowest BCUT2D eigenvalue weighted by atomic mass is 10.1. The monoisotopic (exact) mass is 626 g/mol. The number of benzene rings is 2. The van der Waals surface area contributed by atoms with Crippen molar-refractivity contribution in [3.63, 3.8) is 0 Å². The Bertz CT molecular complexity index is 1530. The Hall–Kier alpha value is -3.69. The maximum absolute atomic E-state index is 13.6. The zero-order valence-electron chi connectivity index (χ0n) is 22.7. The minimum absolute atomic E-state index is 0.0359. The van der Waals surface area contributed by atoms with E-state index in [4.69, 9.17) is 0 Å². The first-order valence-corrected chi connectivity index (χ1v) is 15.2. The highest BCUT2D eigenvalue weighted by Gasteiger charge is 2.41. The third-order valence-electron chi connectivity index (χ3n) is 6.58. The summed E-state index contributed by atoms with van der Waals surface area (Å²) in [5.41, 5.74) is 2.26. The van der Waals surface area contributed by atoms with E-state index >= 15 is 0 Å². The molecule has 1 unspecified atom stereocenters. The summed E-state index contributed by atoms with van der Waals surface area (Å²) in [5, 5.41) is 12.5. The maximum atomic E-state index is 13.6. The number of halogens is 3. The van der Waals surface area contributed by atoms with E-state index in [9.17, 15) is 36.3 Å². The van der Waals surface area contributed by atoms with Gasteiger partial charge in [0.05, 0.1) is 10.6 Å². The van der Waals surface area contributed by atoms with Crippen molar-refractivity contribution >= 4 is 38.4 Å². The Morgan fingerprint density at radius 3 is 2.31 bits per heavy atom. The second-order valence-electron chi connectivity index (χ2n) is 9.60. The fraction of sp³-hybridized carbons (Fsp3) is 0.370. The van der Waals surface area contributed by atoms with Crippen LogP contribution in [0.25, 0.3) is 0 Å². The fourth-order valence-electron chi connectivity index (χ4n) is 4.53. The third-order valence-corrected chi connectivity index (χ3v) is 9.70. The largest absolute Gasteiger partial charge is 0.573 e. The van der Waals surface area contributed by atoms with Gasteiger partial charge in [0, 0.05) is 26.2 Å². The van der Waals surface area contributed by atoms with E-state index < -0.39 is 40.1 Å². The highest BCUT2D eigenvalue weighted by molar-refractivity contribution is 7.89. The standard InChI is InChI=1S/C27H29F3N4O6S2/c1-3-4-18-5-7-19(8-6-18)15-31-24(35)22-16-33(26-32-17(2)23(41-26)25(36)37)13-14-34(22)42(38,39)21-11-9-20(10-12-21)40-27(28,29)30/h5-12,22H,3-4,13-16H2,1-2H3,(H,31,35)(H,36,37). The van der Waals surface area contributed by atoms with E-state index in [0.29, 0.717) is 10.8 Å². The average Bonchev–Trinajstić information content (AvgIpc) is 3.33. The lowest BCUT2D eigenvalue weighted by molar-refractivity contribution is -0.274. The molecule has 1 aliphatic rings. The molecule has 0 saturated carbocycles. The second kappa shape index (κ2) is 12.7. The number of hydrogen-bond acceptors (Lipinski definition) is 8. The van der Waals surface area contributed by atoms with Crippen molar-refractivity contribution in [1.29, 1.82) is 0 Å². The van der Waals surface area contributed by atoms with Gasteiger partial charge >= 0.3 is 12.3 Å². The van der Waals surface area contributed by atoms with Crippen LogP contribution in [0, 0.1) is 6.92 Å². The van der Waals surface area contributed by atoms with Crippen molar-refractivity contribution in [2.45, 2.75) is 50.5 Å². The number of sulfonamides is 1. The van der Waals surface area contributed by atoms with Crippen LogP contribution in [0.3, 0.4) is 0 Å². The Kier molecular flexibility index (Phi) is 9.43. The number of carboxylic acid groups (broad SMARTS) is 1. The van der Waals surface area contributed by atoms with Crippen LogP contribution in [-0.4, -0.2) is 66.7 Å². The molecule has 2 heterocycles. The van der Waals surface area contributed by atoms with Gasteiger partial charge in [0.15, 0.2) is 5.13 Å². The Morgan fingerprint density at radius 2 is 1.74 bits per heavy atom. The Labute approximate surface area is 244 Å². The highest BCUT2D eigenvalue weighted by atomic mass is 32.2. The van der Waals surface area contributed by atoms with Gasteiger partial charge in [0.25, 0.3) is 0 Å². The number of rotatable bonds is 10. The van der Waals surface area contributed by atoms with E-state index in [-0.39, 0.29) is 36.0 Å². The predicted octanol–water partition coefficient (Wildman–Crippen LogP) is 4.20. The smallest absolute Gasteiger partial charge is 0.477 e. The van der Waals surface area contributed by atoms with Crippen LogP contribution in [0.1, 0.15) is 39.8 Å². The van der Waals surface area contributed by atoms with E-state index in [1.165, 1.54) is 0 Å². The number of nitrogens with zero attached hydrogens (tertiary/aromatic N) is 3. The van der Waals surface area contributed by atoms with Crippen molar-refractivity contribution < 1.29 is 41.0 Å². The molecule has 1 fully saturated rings. The van der Waals surface area contributed by atoms with Gasteiger partial charge in [-0.3, -0.25) is 4.79 Å². The van der Waals surface area contributed by atoms with Gasteiger partial charge in [0.2, 0.25) is 15.9 Å². The van der Waals surface area contributed by atoms with Crippen LogP contribution in [0.15, 0.2) is 53.4 Å². The SMILES string of the molecule is CCCc1ccc(CNC(=O)C2CN(c3nc(C)c(C(=O)O)s3)CCN2S(=O)(=O)c2ccc(OC(F)(F)F)cc2)cc1. The van der Waals surface area contributed by atoms with Gasteiger partial charge < -0.3 is 20.1 Å². The zero-order valence-corrected chi connectivity index (χ0v) is 24.4. The molecule has 1 saturated heterocycles. The number of aromatic nitrogens is 1. The molecule has 1 aliphatic heterocycles. The molecule has 0 aliphatic carbocycles. The maximum Gasteiger partial charge on any atom is 0.573 e. The number of amides is 1. The van der Waals surface area contributed by atoms with Crippen LogP contribution in [-0.2, 0) is 27.8 Å². The zero-order chi connectivity index (χ0) is 30.7. The quantitative estimate of drug-likeness (QED) is 0.343. The van der Waals surface area contributed by atoms with Gasteiger partial charge in [-0.05, 0) is 48.7 Å². The molecule has 1 aromatic heterocycles. The summed E-state index contributed by atoms with van der Waals surface area (Å²) in [6.45, 7) is 3.57. The minimum atomic E-state index is -4.94. The molecule has 1 atom stereocenters. The van der Waals surface area contributed by atoms with E-state index in [2.05, 4.69) is 22.0 Å². The fourth-order valence-corrected chi connectivity index (χ4v) is 7.04. The normalized spacial score (nSPS) is 16.3. The summed E-state index contributed by atoms with van der Waals surface area (Å²) in [5.74, 6) is -2.32. The third kappa shape index (κ3) is 7.38. The van der Waals surface area contributed by atoms with Crippen molar-refractivity contribution in [3.8, 4) is 5.75 Å². The number of alkyl halides is 3. The predicted molar refractivity (Wildman–Crippen MR) is 149 cm³/mol. The van der Waals surface area contributed by atoms with Crippen LogP contribution in [0.5, 0.6) is 5.75 Å². The lowest BCUT2D eigenvalue weighted by Gasteiger charge is -2.39. The first-order valence-electron chi connectivity index (χ1n) is 13.0. The topological polar surface area (TPSA) is 129 Å². The number of piperazine rings is 1. The van der Waals surface area contributed by atoms with Gasteiger partial charge in [0.1, 0.15) is 16.7 Å². The number of anilines is 1. The summed E-state index contributed by atoms with van der Waals surface area (Å²) in [7, 11) is -4.34. The first-order chi connectivity index (χ1) is 19.8. The first kappa shape index (κ1) is 31.3. The molecule has 0 radical (unpaired) electrons. The number of ether oxygens (including phenoxy) is 1. The van der Waals surface area contributed by atoms with Crippen molar-refractivity contribution in [3.05, 3.63) is 70.2 Å². The van der Waals surface area contributed by atoms with Crippen LogP contribution >= 0.6 is 11.3 Å². The van der Waals surface area contributed by atoms with Gasteiger partial charge in [-0.2, -0.15) is 4.31 Å². The summed E-state index contributed by atoms with van der Waals surface area (Å²) in [6, 6.07) is 10.2. The number of thiazole rings is 1. The summed E-state index contributed by atoms with van der Waals surface area (Å²) < 4.78 is 69.8. The van der Waals surface area contributed by atoms with E-state index in [1.807, 2.05) is 24.3 Å². The molecule has 42 heavy (non-hydrogen) atoms. The summed E-state index contributed by atoms with van der Waals surface area (Å²) in [6.07, 6.45) is -3.03. The van der Waals surface area contributed by atoms with Crippen molar-refractivity contribution in [2.75, 3.05) is 24.5 Å². The van der Waals surface area contributed by atoms with E-state index in [1.54, 1.807) is 11.8 Å². The molecule has 3 aromatic rings. The minimum Gasteiger partial charge on any atom is -0.477 e. The Balaban J connectivity index is 1.59. The number of carbonyl (C=O) groups excluding carboxylic acids is 1. The summed E-state index contributed by atoms with van der Waals surface area (Å²) >= 11 is 0.924. The number of hydrogen-bond donors (Lipinski definition) is 2. The number of carboxylic acids is 1. The number of aryl methyl sites for hydroxylation is 2. The molecule has 15 heteroatoms. The van der Waals surface area contributed by atoms with Crippen LogP contribution in [0.2, 0.25) is 0 Å². The van der Waals surface area contributed by atoms with Crippen molar-refractivity contribution in [1.82, 2.24) is 14.6 Å². The molecule has 0 spiro atoms. The molecule has 1 amide bonds. The second-order valence-corrected chi connectivity index (χ2v) is 12.5. The number of aromatic carboxylic acids is 1.